The third-order valence-corrected chi connectivity index (χ3v) is 2.97. The van der Waals surface area contributed by atoms with Crippen LogP contribution in [0.5, 0.6) is 0 Å². The van der Waals surface area contributed by atoms with Crippen LogP contribution in [0.3, 0.4) is 0 Å². The lowest BCUT2D eigenvalue weighted by Crippen LogP contribution is -2.68. The van der Waals surface area contributed by atoms with Gasteiger partial charge in [0, 0.05) is 19.7 Å². The van der Waals surface area contributed by atoms with Crippen LogP contribution >= 0.6 is 0 Å². The molecule has 16 heavy (non-hydrogen) atoms. The molecular formula is C11H20N2O3. The normalized spacial score (nSPS) is 27.6. The Kier molecular flexibility index (Phi) is 2.84. The number of nitrogens with one attached hydrogen (secondary N) is 2. The van der Waals surface area contributed by atoms with E-state index in [1.807, 2.05) is 20.8 Å². The van der Waals surface area contributed by atoms with Crippen molar-refractivity contribution >= 4 is 6.09 Å². The van der Waals surface area contributed by atoms with Crippen LogP contribution in [0.4, 0.5) is 4.79 Å². The molecule has 1 spiro atoms. The minimum atomic E-state index is -0.450. The van der Waals surface area contributed by atoms with Crippen LogP contribution in [-0.4, -0.2) is 43.0 Å². The summed E-state index contributed by atoms with van der Waals surface area (Å²) in [7, 11) is 0. The molecule has 2 aliphatic rings. The van der Waals surface area contributed by atoms with Crippen LogP contribution in [0.1, 0.15) is 27.2 Å². The highest BCUT2D eigenvalue weighted by molar-refractivity contribution is 5.68. The first-order chi connectivity index (χ1) is 7.41. The molecule has 1 atom stereocenters. The van der Waals surface area contributed by atoms with Gasteiger partial charge in [-0.15, -0.1) is 0 Å². The second kappa shape index (κ2) is 3.89. The molecule has 2 saturated heterocycles. The molecule has 2 rings (SSSR count). The predicted octanol–water partition coefficient (Wildman–Crippen LogP) is 0.642. The van der Waals surface area contributed by atoms with Crippen molar-refractivity contribution in [2.45, 2.75) is 44.4 Å². The van der Waals surface area contributed by atoms with Gasteiger partial charge in [-0.25, -0.2) is 4.79 Å². The topological polar surface area (TPSA) is 59.6 Å². The van der Waals surface area contributed by atoms with Gasteiger partial charge in [-0.05, 0) is 27.2 Å². The summed E-state index contributed by atoms with van der Waals surface area (Å²) in [6.07, 6.45) is 0.510. The summed E-state index contributed by atoms with van der Waals surface area (Å²) >= 11 is 0. The zero-order valence-corrected chi connectivity index (χ0v) is 10.1. The van der Waals surface area contributed by atoms with Crippen molar-refractivity contribution in [3.05, 3.63) is 0 Å². The first-order valence-electron chi connectivity index (χ1n) is 5.75. The Morgan fingerprint density at radius 2 is 2.19 bits per heavy atom. The molecule has 0 aromatic heterocycles. The highest BCUT2D eigenvalue weighted by Gasteiger charge is 2.50. The van der Waals surface area contributed by atoms with E-state index in [9.17, 15) is 4.79 Å². The molecule has 0 aromatic carbocycles. The van der Waals surface area contributed by atoms with E-state index >= 15 is 0 Å². The Morgan fingerprint density at radius 3 is 2.69 bits per heavy atom. The van der Waals surface area contributed by atoms with E-state index in [-0.39, 0.29) is 17.7 Å². The zero-order chi connectivity index (χ0) is 11.8. The van der Waals surface area contributed by atoms with Crippen molar-refractivity contribution in [1.82, 2.24) is 10.6 Å². The molecule has 2 fully saturated rings. The SMILES string of the molecule is CC(C)(C)OC(=O)N[C@H]1CCOC12CNC2. The van der Waals surface area contributed by atoms with Gasteiger partial charge < -0.3 is 20.1 Å². The lowest BCUT2D eigenvalue weighted by Gasteiger charge is -2.42. The van der Waals surface area contributed by atoms with E-state index in [2.05, 4.69) is 10.6 Å². The average molecular weight is 228 g/mol. The third kappa shape index (κ3) is 2.30. The molecule has 0 aliphatic carbocycles. The first-order valence-corrected chi connectivity index (χ1v) is 5.75. The molecule has 0 bridgehead atoms. The minimum Gasteiger partial charge on any atom is -0.444 e. The Balaban J connectivity index is 1.87. The summed E-state index contributed by atoms with van der Waals surface area (Å²) in [5.74, 6) is 0. The molecule has 2 aliphatic heterocycles. The quantitative estimate of drug-likeness (QED) is 0.691. The third-order valence-electron chi connectivity index (χ3n) is 2.97. The molecule has 5 heteroatoms. The van der Waals surface area contributed by atoms with Crippen molar-refractivity contribution in [2.75, 3.05) is 19.7 Å². The van der Waals surface area contributed by atoms with E-state index in [1.54, 1.807) is 0 Å². The largest absolute Gasteiger partial charge is 0.444 e. The molecule has 1 amide bonds. The summed E-state index contributed by atoms with van der Waals surface area (Å²) in [6, 6.07) is 0.0728. The van der Waals surface area contributed by atoms with Gasteiger partial charge in [-0.1, -0.05) is 0 Å². The summed E-state index contributed by atoms with van der Waals surface area (Å²) < 4.78 is 10.9. The van der Waals surface area contributed by atoms with Gasteiger partial charge in [-0.3, -0.25) is 0 Å². The maximum absolute atomic E-state index is 11.6. The maximum Gasteiger partial charge on any atom is 0.407 e. The molecular weight excluding hydrogens is 208 g/mol. The van der Waals surface area contributed by atoms with Crippen LogP contribution in [0.25, 0.3) is 0 Å². The molecule has 5 nitrogen and oxygen atoms in total. The van der Waals surface area contributed by atoms with Crippen LogP contribution in [0.15, 0.2) is 0 Å². The number of rotatable bonds is 1. The fourth-order valence-corrected chi connectivity index (χ4v) is 2.12. The number of amides is 1. The number of hydrogen-bond donors (Lipinski definition) is 2. The van der Waals surface area contributed by atoms with E-state index < -0.39 is 5.60 Å². The molecule has 2 N–H and O–H groups in total. The molecule has 0 saturated carbocycles. The van der Waals surface area contributed by atoms with Gasteiger partial charge >= 0.3 is 6.09 Å². The number of carbonyl (C=O) groups excluding carboxylic acids is 1. The fourth-order valence-electron chi connectivity index (χ4n) is 2.12. The van der Waals surface area contributed by atoms with Gasteiger partial charge in [0.2, 0.25) is 0 Å². The van der Waals surface area contributed by atoms with Crippen LogP contribution in [-0.2, 0) is 9.47 Å². The summed E-state index contributed by atoms with van der Waals surface area (Å²) in [4.78, 5) is 11.6. The van der Waals surface area contributed by atoms with Gasteiger partial charge in [0.15, 0.2) is 0 Å². The van der Waals surface area contributed by atoms with E-state index in [0.29, 0.717) is 6.61 Å². The highest BCUT2D eigenvalue weighted by Crippen LogP contribution is 2.29. The van der Waals surface area contributed by atoms with Crippen molar-refractivity contribution in [3.8, 4) is 0 Å². The lowest BCUT2D eigenvalue weighted by atomic mass is 9.88. The fraction of sp³-hybridized carbons (Fsp3) is 0.909. The Labute approximate surface area is 95.9 Å². The average Bonchev–Trinajstić information content (AvgIpc) is 2.42. The number of carbonyl (C=O) groups is 1. The van der Waals surface area contributed by atoms with Crippen LogP contribution < -0.4 is 10.6 Å². The van der Waals surface area contributed by atoms with Crippen molar-refractivity contribution in [1.29, 1.82) is 0 Å². The second-order valence-electron chi connectivity index (χ2n) is 5.50. The van der Waals surface area contributed by atoms with Crippen LogP contribution in [0.2, 0.25) is 0 Å². The lowest BCUT2D eigenvalue weighted by molar-refractivity contribution is -0.0513. The smallest absolute Gasteiger partial charge is 0.407 e. The van der Waals surface area contributed by atoms with Crippen LogP contribution in [0, 0.1) is 0 Å². The zero-order valence-electron chi connectivity index (χ0n) is 10.1. The molecule has 92 valence electrons. The summed E-state index contributed by atoms with van der Waals surface area (Å²) in [5.41, 5.74) is -0.633. The minimum absolute atomic E-state index is 0.0728. The summed E-state index contributed by atoms with van der Waals surface area (Å²) in [5, 5.41) is 6.08. The van der Waals surface area contributed by atoms with Gasteiger partial charge in [-0.2, -0.15) is 0 Å². The van der Waals surface area contributed by atoms with E-state index in [4.69, 9.17) is 9.47 Å². The van der Waals surface area contributed by atoms with Crippen molar-refractivity contribution < 1.29 is 14.3 Å². The monoisotopic (exact) mass is 228 g/mol. The predicted molar refractivity (Wildman–Crippen MR) is 59.3 cm³/mol. The Morgan fingerprint density at radius 1 is 1.50 bits per heavy atom. The molecule has 0 aromatic rings. The van der Waals surface area contributed by atoms with Gasteiger partial charge in [0.1, 0.15) is 11.2 Å². The second-order valence-corrected chi connectivity index (χ2v) is 5.50. The van der Waals surface area contributed by atoms with E-state index in [0.717, 1.165) is 19.5 Å². The molecule has 0 radical (unpaired) electrons. The van der Waals surface area contributed by atoms with E-state index in [1.165, 1.54) is 0 Å². The summed E-state index contributed by atoms with van der Waals surface area (Å²) in [6.45, 7) is 7.91. The van der Waals surface area contributed by atoms with Gasteiger partial charge in [0.05, 0.1) is 6.04 Å². The number of hydrogen-bond acceptors (Lipinski definition) is 4. The van der Waals surface area contributed by atoms with Crippen molar-refractivity contribution in [2.24, 2.45) is 0 Å². The van der Waals surface area contributed by atoms with Gasteiger partial charge in [0.25, 0.3) is 0 Å². The Bertz CT molecular complexity index is 281. The Hall–Kier alpha value is -0.810. The highest BCUT2D eigenvalue weighted by atomic mass is 16.6. The maximum atomic E-state index is 11.6. The molecule has 0 unspecified atom stereocenters. The number of ether oxygens (including phenoxy) is 2. The molecule has 2 heterocycles. The number of alkyl carbamates (subject to hydrolysis) is 1. The van der Waals surface area contributed by atoms with Crippen molar-refractivity contribution in [3.63, 3.8) is 0 Å². The first kappa shape index (κ1) is 11.7. The standard InChI is InChI=1S/C11H20N2O3/c1-10(2,3)16-9(14)13-8-4-5-15-11(8)6-12-7-11/h8,12H,4-7H2,1-3H3,(H,13,14)/t8-/m0/s1.